The van der Waals surface area contributed by atoms with Gasteiger partial charge in [-0.25, -0.2) is 0 Å². The lowest BCUT2D eigenvalue weighted by Crippen LogP contribution is -2.46. The van der Waals surface area contributed by atoms with Gasteiger partial charge in [-0.2, -0.15) is 0 Å². The molecule has 0 saturated heterocycles. The third-order valence-electron chi connectivity index (χ3n) is 4.89. The van der Waals surface area contributed by atoms with Crippen LogP contribution < -0.4 is 11.1 Å². The molecule has 3 rings (SSSR count). The van der Waals surface area contributed by atoms with Gasteiger partial charge in [-0.05, 0) is 37.8 Å². The van der Waals surface area contributed by atoms with E-state index in [2.05, 4.69) is 10.3 Å². The number of carbonyl (C=O) groups excluding carboxylic acids is 1. The summed E-state index contributed by atoms with van der Waals surface area (Å²) in [6.45, 7) is 2.44. The maximum atomic E-state index is 12.8. The molecule has 1 aliphatic rings. The molecule has 4 nitrogen and oxygen atoms in total. The number of hydrogen-bond donors (Lipinski definition) is 2. The standard InChI is InChI=1S/C19H25N3O.2ClH/c1-13-10-11-15-8-5-9-16(18(15)21-13)19(23)22-17(12-20)14-6-3-2-4-7-14;;/h5,8-11,14,17H,2-4,6-7,12,20H2,1H3,(H,22,23);2*1H. The van der Waals surface area contributed by atoms with Crippen LogP contribution in [0.3, 0.4) is 0 Å². The highest BCUT2D eigenvalue weighted by atomic mass is 35.5. The van der Waals surface area contributed by atoms with Crippen LogP contribution in [0.4, 0.5) is 0 Å². The molecule has 3 N–H and O–H groups in total. The minimum atomic E-state index is -0.0604. The zero-order valence-electron chi connectivity index (χ0n) is 14.5. The molecule has 1 aliphatic carbocycles. The number of fused-ring (bicyclic) bond motifs is 1. The Hall–Kier alpha value is -1.36. The molecule has 2 aromatic rings. The fourth-order valence-electron chi connectivity index (χ4n) is 3.58. The summed E-state index contributed by atoms with van der Waals surface area (Å²) in [5.41, 5.74) is 8.26. The quantitative estimate of drug-likeness (QED) is 0.837. The third-order valence-corrected chi connectivity index (χ3v) is 4.89. The smallest absolute Gasteiger partial charge is 0.253 e. The number of nitrogens with zero attached hydrogens (tertiary/aromatic N) is 1. The Bertz CT molecular complexity index is 702. The molecule has 0 bridgehead atoms. The number of pyridine rings is 1. The zero-order chi connectivity index (χ0) is 16.2. The molecule has 138 valence electrons. The van der Waals surface area contributed by atoms with Gasteiger partial charge >= 0.3 is 0 Å². The van der Waals surface area contributed by atoms with E-state index in [1.165, 1.54) is 19.3 Å². The van der Waals surface area contributed by atoms with Gasteiger partial charge in [0.15, 0.2) is 0 Å². The summed E-state index contributed by atoms with van der Waals surface area (Å²) in [6, 6.07) is 9.78. The van der Waals surface area contributed by atoms with E-state index in [4.69, 9.17) is 5.73 Å². The van der Waals surface area contributed by atoms with Gasteiger partial charge in [0.2, 0.25) is 0 Å². The number of aryl methyl sites for hydroxylation is 1. The van der Waals surface area contributed by atoms with Gasteiger partial charge in [0, 0.05) is 23.7 Å². The highest BCUT2D eigenvalue weighted by Crippen LogP contribution is 2.26. The van der Waals surface area contributed by atoms with Gasteiger partial charge in [-0.3, -0.25) is 9.78 Å². The van der Waals surface area contributed by atoms with Crippen molar-refractivity contribution in [3.8, 4) is 0 Å². The minimum absolute atomic E-state index is 0. The zero-order valence-corrected chi connectivity index (χ0v) is 16.2. The molecule has 1 amide bonds. The van der Waals surface area contributed by atoms with E-state index in [0.717, 1.165) is 29.4 Å². The number of amides is 1. The summed E-state index contributed by atoms with van der Waals surface area (Å²) in [5, 5.41) is 4.15. The highest BCUT2D eigenvalue weighted by molar-refractivity contribution is 6.05. The predicted molar refractivity (Wildman–Crippen MR) is 108 cm³/mol. The molecule has 0 aliphatic heterocycles. The molecule has 1 saturated carbocycles. The minimum Gasteiger partial charge on any atom is -0.348 e. The first-order chi connectivity index (χ1) is 11.2. The topological polar surface area (TPSA) is 68.0 Å². The maximum absolute atomic E-state index is 12.8. The van der Waals surface area contributed by atoms with E-state index < -0.39 is 0 Å². The maximum Gasteiger partial charge on any atom is 0.253 e. The van der Waals surface area contributed by atoms with Crippen molar-refractivity contribution in [2.45, 2.75) is 45.1 Å². The van der Waals surface area contributed by atoms with Crippen LogP contribution >= 0.6 is 24.8 Å². The van der Waals surface area contributed by atoms with Crippen molar-refractivity contribution < 1.29 is 4.79 Å². The van der Waals surface area contributed by atoms with Crippen LogP contribution in [-0.2, 0) is 0 Å². The molecule has 1 heterocycles. The first kappa shape index (κ1) is 21.7. The number of nitrogens with two attached hydrogens (primary N) is 1. The Balaban J connectivity index is 0.00000156. The average molecular weight is 384 g/mol. The number of benzene rings is 1. The van der Waals surface area contributed by atoms with Crippen molar-refractivity contribution in [2.75, 3.05) is 6.54 Å². The SMILES string of the molecule is Cc1ccc2cccc(C(=O)NC(CN)C3CCCCC3)c2n1.Cl.Cl. The number of halogens is 2. The van der Waals surface area contributed by atoms with E-state index in [-0.39, 0.29) is 36.8 Å². The Morgan fingerprint density at radius 3 is 2.60 bits per heavy atom. The Morgan fingerprint density at radius 1 is 1.20 bits per heavy atom. The molecule has 1 aromatic heterocycles. The largest absolute Gasteiger partial charge is 0.348 e. The van der Waals surface area contributed by atoms with Crippen molar-refractivity contribution in [1.82, 2.24) is 10.3 Å². The van der Waals surface area contributed by atoms with Crippen LogP contribution in [-0.4, -0.2) is 23.5 Å². The summed E-state index contributed by atoms with van der Waals surface area (Å²) in [7, 11) is 0. The van der Waals surface area contributed by atoms with Gasteiger partial charge in [0.1, 0.15) is 0 Å². The number of aromatic nitrogens is 1. The van der Waals surface area contributed by atoms with Gasteiger partial charge < -0.3 is 11.1 Å². The van der Waals surface area contributed by atoms with Crippen LogP contribution in [0, 0.1) is 12.8 Å². The second kappa shape index (κ2) is 9.95. The van der Waals surface area contributed by atoms with E-state index in [1.807, 2.05) is 37.3 Å². The molecular weight excluding hydrogens is 357 g/mol. The molecule has 1 fully saturated rings. The van der Waals surface area contributed by atoms with Crippen LogP contribution in [0.15, 0.2) is 30.3 Å². The summed E-state index contributed by atoms with van der Waals surface area (Å²) in [5.74, 6) is 0.442. The van der Waals surface area contributed by atoms with Gasteiger partial charge in [0.25, 0.3) is 5.91 Å². The van der Waals surface area contributed by atoms with Crippen molar-refractivity contribution in [3.05, 3.63) is 41.6 Å². The second-order valence-corrected chi connectivity index (χ2v) is 6.54. The Kier molecular flexibility index (Phi) is 8.63. The lowest BCUT2D eigenvalue weighted by atomic mass is 9.84. The van der Waals surface area contributed by atoms with Crippen molar-refractivity contribution in [1.29, 1.82) is 0 Å². The van der Waals surface area contributed by atoms with Crippen LogP contribution in [0.1, 0.15) is 48.2 Å². The average Bonchev–Trinajstić information content (AvgIpc) is 2.59. The molecule has 0 spiro atoms. The number of nitrogens with one attached hydrogen (secondary N) is 1. The summed E-state index contributed by atoms with van der Waals surface area (Å²) in [6.07, 6.45) is 6.11. The molecular formula is C19H27Cl2N3O. The summed E-state index contributed by atoms with van der Waals surface area (Å²) >= 11 is 0. The Labute approximate surface area is 161 Å². The molecule has 25 heavy (non-hydrogen) atoms. The monoisotopic (exact) mass is 383 g/mol. The lowest BCUT2D eigenvalue weighted by Gasteiger charge is -2.30. The second-order valence-electron chi connectivity index (χ2n) is 6.54. The highest BCUT2D eigenvalue weighted by Gasteiger charge is 2.25. The third kappa shape index (κ3) is 5.06. The van der Waals surface area contributed by atoms with Crippen LogP contribution in [0.5, 0.6) is 0 Å². The molecule has 6 heteroatoms. The fraction of sp³-hybridized carbons (Fsp3) is 0.474. The number of carbonyl (C=O) groups is 1. The van der Waals surface area contributed by atoms with Crippen molar-refractivity contribution >= 4 is 41.6 Å². The van der Waals surface area contributed by atoms with Crippen LogP contribution in [0.25, 0.3) is 10.9 Å². The Morgan fingerprint density at radius 2 is 1.92 bits per heavy atom. The number of para-hydroxylation sites is 1. The summed E-state index contributed by atoms with van der Waals surface area (Å²) < 4.78 is 0. The molecule has 1 aromatic carbocycles. The van der Waals surface area contributed by atoms with Gasteiger partial charge in [-0.15, -0.1) is 24.8 Å². The first-order valence-electron chi connectivity index (χ1n) is 8.56. The summed E-state index contributed by atoms with van der Waals surface area (Å²) in [4.78, 5) is 17.3. The van der Waals surface area contributed by atoms with E-state index >= 15 is 0 Å². The lowest BCUT2D eigenvalue weighted by molar-refractivity contribution is 0.0917. The van der Waals surface area contributed by atoms with Crippen molar-refractivity contribution in [3.63, 3.8) is 0 Å². The van der Waals surface area contributed by atoms with E-state index in [1.54, 1.807) is 0 Å². The predicted octanol–water partition coefficient (Wildman–Crippen LogP) is 4.02. The molecule has 1 unspecified atom stereocenters. The normalized spacial score (nSPS) is 15.8. The van der Waals surface area contributed by atoms with Crippen molar-refractivity contribution in [2.24, 2.45) is 11.7 Å². The first-order valence-corrected chi connectivity index (χ1v) is 8.56. The number of hydrogen-bond acceptors (Lipinski definition) is 3. The fourth-order valence-corrected chi connectivity index (χ4v) is 3.58. The van der Waals surface area contributed by atoms with Crippen LogP contribution in [0.2, 0.25) is 0 Å². The van der Waals surface area contributed by atoms with E-state index in [9.17, 15) is 4.79 Å². The molecule has 1 atom stereocenters. The van der Waals surface area contributed by atoms with Gasteiger partial charge in [-0.1, -0.05) is 37.5 Å². The number of rotatable bonds is 4. The van der Waals surface area contributed by atoms with Gasteiger partial charge in [0.05, 0.1) is 11.1 Å². The van der Waals surface area contributed by atoms with E-state index in [0.29, 0.717) is 18.0 Å². The molecule has 0 radical (unpaired) electrons.